The maximum atomic E-state index is 13.5. The summed E-state index contributed by atoms with van der Waals surface area (Å²) in [6, 6.07) is 9.59. The van der Waals surface area contributed by atoms with Crippen molar-refractivity contribution in [3.63, 3.8) is 0 Å². The van der Waals surface area contributed by atoms with E-state index < -0.39 is 5.54 Å². The van der Waals surface area contributed by atoms with Crippen LogP contribution in [0.3, 0.4) is 0 Å². The van der Waals surface area contributed by atoms with Crippen molar-refractivity contribution in [2.75, 3.05) is 27.2 Å². The Morgan fingerprint density at radius 1 is 1.22 bits per heavy atom. The second-order valence-corrected chi connectivity index (χ2v) is 8.94. The Hall–Kier alpha value is -2.87. The minimum absolute atomic E-state index is 0.0963. The molecular formula is C24H33N5O3. The van der Waals surface area contributed by atoms with E-state index in [1.807, 2.05) is 44.3 Å². The summed E-state index contributed by atoms with van der Waals surface area (Å²) in [5.74, 6) is 0.500. The van der Waals surface area contributed by atoms with Gasteiger partial charge in [0.1, 0.15) is 17.0 Å². The molecule has 2 aromatic rings. The van der Waals surface area contributed by atoms with Gasteiger partial charge in [-0.25, -0.2) is 0 Å². The Kier molecular flexibility index (Phi) is 6.50. The largest absolute Gasteiger partial charge is 0.497 e. The van der Waals surface area contributed by atoms with E-state index in [1.165, 1.54) is 6.42 Å². The third-order valence-electron chi connectivity index (χ3n) is 6.70. The van der Waals surface area contributed by atoms with E-state index in [2.05, 4.69) is 10.6 Å². The quantitative estimate of drug-likeness (QED) is 0.692. The van der Waals surface area contributed by atoms with Crippen LogP contribution in [0.15, 0.2) is 30.3 Å². The molecule has 0 spiro atoms. The van der Waals surface area contributed by atoms with Gasteiger partial charge in [-0.05, 0) is 57.1 Å². The number of aromatic nitrogens is 2. The molecule has 2 heterocycles. The molecule has 0 saturated heterocycles. The molecule has 8 nitrogen and oxygen atoms in total. The number of carbonyl (C=O) groups excluding carboxylic acids is 2. The van der Waals surface area contributed by atoms with E-state index in [0.717, 1.165) is 37.0 Å². The number of benzene rings is 1. The Balaban J connectivity index is 1.64. The lowest BCUT2D eigenvalue weighted by Crippen LogP contribution is -2.65. The van der Waals surface area contributed by atoms with Crippen molar-refractivity contribution >= 4 is 11.8 Å². The molecule has 0 radical (unpaired) electrons. The highest BCUT2D eigenvalue weighted by Gasteiger charge is 2.48. The molecule has 1 fully saturated rings. The maximum absolute atomic E-state index is 13.5. The van der Waals surface area contributed by atoms with Crippen molar-refractivity contribution in [1.29, 1.82) is 0 Å². The molecule has 32 heavy (non-hydrogen) atoms. The van der Waals surface area contributed by atoms with Gasteiger partial charge in [-0.1, -0.05) is 19.3 Å². The molecule has 0 bridgehead atoms. The first-order valence-corrected chi connectivity index (χ1v) is 11.5. The summed E-state index contributed by atoms with van der Waals surface area (Å²) in [6.45, 7) is 3.24. The summed E-state index contributed by atoms with van der Waals surface area (Å²) in [6.07, 6.45) is 5.50. The molecule has 1 aliphatic carbocycles. The van der Waals surface area contributed by atoms with Crippen LogP contribution < -0.4 is 15.4 Å². The van der Waals surface area contributed by atoms with E-state index in [-0.39, 0.29) is 17.9 Å². The van der Waals surface area contributed by atoms with Crippen molar-refractivity contribution in [3.8, 4) is 17.0 Å². The maximum Gasteiger partial charge on any atom is 0.273 e. The minimum Gasteiger partial charge on any atom is -0.497 e. The number of amides is 2. The smallest absolute Gasteiger partial charge is 0.273 e. The van der Waals surface area contributed by atoms with E-state index in [9.17, 15) is 9.59 Å². The number of fused-ring (bicyclic) bond motifs is 1. The second-order valence-electron chi connectivity index (χ2n) is 8.94. The molecule has 2 aliphatic rings. The minimum atomic E-state index is -0.998. The Morgan fingerprint density at radius 2 is 1.94 bits per heavy atom. The van der Waals surface area contributed by atoms with Gasteiger partial charge >= 0.3 is 0 Å². The van der Waals surface area contributed by atoms with Crippen molar-refractivity contribution in [3.05, 3.63) is 36.0 Å². The Morgan fingerprint density at radius 3 is 2.59 bits per heavy atom. The highest BCUT2D eigenvalue weighted by molar-refractivity contribution is 6.00. The number of nitrogens with zero attached hydrogens (tertiary/aromatic N) is 3. The van der Waals surface area contributed by atoms with Crippen molar-refractivity contribution < 1.29 is 14.3 Å². The van der Waals surface area contributed by atoms with Gasteiger partial charge in [-0.2, -0.15) is 5.10 Å². The second kappa shape index (κ2) is 9.32. The number of rotatable bonds is 7. The molecule has 4 rings (SSSR count). The number of methoxy groups -OCH3 is 1. The van der Waals surface area contributed by atoms with Gasteiger partial charge in [0.05, 0.1) is 19.3 Å². The van der Waals surface area contributed by atoms with Crippen LogP contribution in [0.2, 0.25) is 0 Å². The number of carbonyl (C=O) groups is 2. The molecule has 2 amide bonds. The molecule has 1 saturated carbocycles. The van der Waals surface area contributed by atoms with Crippen LogP contribution in [0.4, 0.5) is 0 Å². The molecule has 172 valence electrons. The number of ether oxygens (including phenoxy) is 1. The van der Waals surface area contributed by atoms with Crippen LogP contribution >= 0.6 is 0 Å². The van der Waals surface area contributed by atoms with Gasteiger partial charge in [-0.15, -0.1) is 0 Å². The predicted molar refractivity (Wildman–Crippen MR) is 123 cm³/mol. The van der Waals surface area contributed by atoms with Crippen LogP contribution in [-0.2, 0) is 11.3 Å². The molecule has 1 aromatic heterocycles. The summed E-state index contributed by atoms with van der Waals surface area (Å²) >= 11 is 0. The molecular weight excluding hydrogens is 406 g/mol. The van der Waals surface area contributed by atoms with Gasteiger partial charge in [-0.3, -0.25) is 14.3 Å². The number of likely N-dealkylation sites (N-methyl/N-ethyl adjacent to an activating group) is 1. The number of hydrogen-bond acceptors (Lipinski definition) is 5. The van der Waals surface area contributed by atoms with E-state index >= 15 is 0 Å². The van der Waals surface area contributed by atoms with Gasteiger partial charge in [0.25, 0.3) is 5.91 Å². The van der Waals surface area contributed by atoms with E-state index in [4.69, 9.17) is 9.84 Å². The predicted octanol–water partition coefficient (Wildman–Crippen LogP) is 2.44. The fourth-order valence-corrected chi connectivity index (χ4v) is 4.71. The van der Waals surface area contributed by atoms with Crippen molar-refractivity contribution in [2.45, 2.75) is 57.2 Å². The van der Waals surface area contributed by atoms with Crippen LogP contribution in [0.5, 0.6) is 5.75 Å². The Bertz CT molecular complexity index is 965. The van der Waals surface area contributed by atoms with Gasteiger partial charge < -0.3 is 20.3 Å². The van der Waals surface area contributed by atoms with E-state index in [1.54, 1.807) is 16.7 Å². The molecule has 1 aliphatic heterocycles. The lowest BCUT2D eigenvalue weighted by atomic mass is 9.91. The van der Waals surface area contributed by atoms with Crippen LogP contribution in [-0.4, -0.2) is 65.3 Å². The topological polar surface area (TPSA) is 88.5 Å². The first kappa shape index (κ1) is 22.3. The SMILES string of the molecule is CNCCN1C(=O)c2cc(-c3ccc(OC)cc3)nn2CC1(C)C(=O)NC1CCCCC1. The molecule has 1 atom stereocenters. The number of hydrogen-bond donors (Lipinski definition) is 2. The zero-order chi connectivity index (χ0) is 22.7. The zero-order valence-electron chi connectivity index (χ0n) is 19.2. The molecule has 2 N–H and O–H groups in total. The average molecular weight is 440 g/mol. The third kappa shape index (κ3) is 4.24. The standard InChI is InChI=1S/C24H33N5O3/c1-24(23(31)26-18-7-5-4-6-8-18)16-29-21(22(30)28(24)14-13-25-2)15-20(27-29)17-9-11-19(32-3)12-10-17/h9-12,15,18,25H,4-8,13-14,16H2,1-3H3,(H,26,31). The fourth-order valence-electron chi connectivity index (χ4n) is 4.71. The van der Waals surface area contributed by atoms with Gasteiger partial charge in [0.2, 0.25) is 5.91 Å². The zero-order valence-corrected chi connectivity index (χ0v) is 19.2. The first-order valence-electron chi connectivity index (χ1n) is 11.5. The monoisotopic (exact) mass is 439 g/mol. The van der Waals surface area contributed by atoms with Crippen LogP contribution in [0.25, 0.3) is 11.3 Å². The summed E-state index contributed by atoms with van der Waals surface area (Å²) in [5.41, 5.74) is 1.12. The van der Waals surface area contributed by atoms with Crippen molar-refractivity contribution in [1.82, 2.24) is 25.3 Å². The van der Waals surface area contributed by atoms with Gasteiger partial charge in [0.15, 0.2) is 0 Å². The van der Waals surface area contributed by atoms with Crippen molar-refractivity contribution in [2.24, 2.45) is 0 Å². The van der Waals surface area contributed by atoms with E-state index in [0.29, 0.717) is 31.0 Å². The molecule has 8 heteroatoms. The summed E-state index contributed by atoms with van der Waals surface area (Å²) in [5, 5.41) is 11.0. The highest BCUT2D eigenvalue weighted by atomic mass is 16.5. The average Bonchev–Trinajstić information content (AvgIpc) is 3.23. The normalized spacial score (nSPS) is 21.3. The highest BCUT2D eigenvalue weighted by Crippen LogP contribution is 2.31. The first-order chi connectivity index (χ1) is 15.5. The fraction of sp³-hybridized carbons (Fsp3) is 0.542. The lowest BCUT2D eigenvalue weighted by Gasteiger charge is -2.44. The molecule has 1 unspecified atom stereocenters. The Labute approximate surface area is 189 Å². The summed E-state index contributed by atoms with van der Waals surface area (Å²) < 4.78 is 6.93. The third-order valence-corrected chi connectivity index (χ3v) is 6.70. The number of nitrogens with one attached hydrogen (secondary N) is 2. The summed E-state index contributed by atoms with van der Waals surface area (Å²) in [7, 11) is 3.47. The van der Waals surface area contributed by atoms with Crippen LogP contribution in [0, 0.1) is 0 Å². The molecule has 1 aromatic carbocycles. The lowest BCUT2D eigenvalue weighted by molar-refractivity contribution is -0.134. The van der Waals surface area contributed by atoms with Gasteiger partial charge in [0, 0.05) is 24.7 Å². The van der Waals surface area contributed by atoms with Crippen LogP contribution in [0.1, 0.15) is 49.5 Å². The summed E-state index contributed by atoms with van der Waals surface area (Å²) in [4.78, 5) is 28.7.